The highest BCUT2D eigenvalue weighted by molar-refractivity contribution is 5.90. The van der Waals surface area contributed by atoms with Crippen LogP contribution >= 0.6 is 0 Å². The van der Waals surface area contributed by atoms with Crippen molar-refractivity contribution < 1.29 is 10.0 Å². The number of piperidine rings is 1. The summed E-state index contributed by atoms with van der Waals surface area (Å²) in [7, 11) is 1.94. The predicted octanol–water partition coefficient (Wildman–Crippen LogP) is 2.48. The fourth-order valence-corrected chi connectivity index (χ4v) is 3.50. The van der Waals surface area contributed by atoms with Crippen LogP contribution in [0.1, 0.15) is 30.4 Å². The van der Waals surface area contributed by atoms with Gasteiger partial charge in [0, 0.05) is 32.8 Å². The number of rotatable bonds is 6. The number of benzene rings is 1. The average Bonchev–Trinajstić information content (AvgIpc) is 3.18. The van der Waals surface area contributed by atoms with E-state index in [-0.39, 0.29) is 0 Å². The minimum atomic E-state index is -0.562. The summed E-state index contributed by atoms with van der Waals surface area (Å²) < 4.78 is 1.92. The van der Waals surface area contributed by atoms with Crippen LogP contribution in [0, 0.1) is 0 Å². The summed E-state index contributed by atoms with van der Waals surface area (Å²) in [5.74, 6) is 0.911. The van der Waals surface area contributed by atoms with Gasteiger partial charge in [-0.15, -0.1) is 0 Å². The minimum Gasteiger partial charge on any atom is -0.364 e. The molecule has 4 rings (SSSR count). The maximum Gasteiger partial charge on any atom is 0.267 e. The van der Waals surface area contributed by atoms with Crippen molar-refractivity contribution in [2.75, 3.05) is 23.3 Å². The molecule has 9 nitrogen and oxygen atoms in total. The van der Waals surface area contributed by atoms with E-state index in [1.54, 1.807) is 17.9 Å². The van der Waals surface area contributed by atoms with E-state index < -0.39 is 5.91 Å². The molecule has 0 spiro atoms. The number of imidazole rings is 1. The number of aromatic nitrogens is 4. The summed E-state index contributed by atoms with van der Waals surface area (Å²) in [6.45, 7) is 2.54. The first kappa shape index (κ1) is 19.8. The zero-order valence-electron chi connectivity index (χ0n) is 16.9. The third-order valence-electron chi connectivity index (χ3n) is 5.16. The molecule has 3 aromatic rings. The molecule has 0 aliphatic carbocycles. The van der Waals surface area contributed by atoms with Crippen molar-refractivity contribution in [3.05, 3.63) is 47.8 Å². The Kier molecular flexibility index (Phi) is 5.89. The standard InChI is InChI=1S/C21H25N7O2/c1-27-14-23-18-19(24-21(25-20(18)27)28-11-3-2-4-12-28)22-13-16-7-5-15(6-8-16)9-10-17(29)26-30/h5-10,14,30H,2-4,11-13H2,1H3,(H,26,29)(H,22,24,25)/b10-9+. The van der Waals surface area contributed by atoms with Gasteiger partial charge < -0.3 is 14.8 Å². The molecule has 2 aromatic heterocycles. The lowest BCUT2D eigenvalue weighted by Gasteiger charge is -2.27. The van der Waals surface area contributed by atoms with Crippen LogP contribution in [0.4, 0.5) is 11.8 Å². The molecule has 1 fully saturated rings. The number of hydrogen-bond acceptors (Lipinski definition) is 7. The van der Waals surface area contributed by atoms with E-state index >= 15 is 0 Å². The molecule has 1 aromatic carbocycles. The van der Waals surface area contributed by atoms with Crippen molar-refractivity contribution in [3.63, 3.8) is 0 Å². The Bertz CT molecular complexity index is 1050. The molecule has 0 unspecified atom stereocenters. The number of fused-ring (bicyclic) bond motifs is 1. The lowest BCUT2D eigenvalue weighted by Crippen LogP contribution is -2.31. The van der Waals surface area contributed by atoms with Crippen LogP contribution in [0.2, 0.25) is 0 Å². The van der Waals surface area contributed by atoms with Crippen molar-refractivity contribution in [1.29, 1.82) is 0 Å². The van der Waals surface area contributed by atoms with E-state index in [4.69, 9.17) is 15.2 Å². The Hall–Kier alpha value is -3.46. The van der Waals surface area contributed by atoms with E-state index in [9.17, 15) is 4.79 Å². The third kappa shape index (κ3) is 4.41. The van der Waals surface area contributed by atoms with Gasteiger partial charge in [-0.2, -0.15) is 9.97 Å². The minimum absolute atomic E-state index is 0.562. The SMILES string of the molecule is Cn1cnc2c(NCc3ccc(/C=C/C(=O)NO)cc3)nc(N3CCCCC3)nc21. The quantitative estimate of drug-likeness (QED) is 0.327. The van der Waals surface area contributed by atoms with Crippen LogP contribution in [-0.2, 0) is 18.4 Å². The molecule has 1 saturated heterocycles. The number of carbonyl (C=O) groups excluding carboxylic acids is 1. The van der Waals surface area contributed by atoms with Crippen LogP contribution in [0.25, 0.3) is 17.2 Å². The fourth-order valence-electron chi connectivity index (χ4n) is 3.50. The number of hydrogen-bond donors (Lipinski definition) is 3. The van der Waals surface area contributed by atoms with Gasteiger partial charge in [0.25, 0.3) is 5.91 Å². The van der Waals surface area contributed by atoms with Gasteiger partial charge in [0.1, 0.15) is 0 Å². The largest absolute Gasteiger partial charge is 0.364 e. The van der Waals surface area contributed by atoms with E-state index in [0.717, 1.165) is 60.0 Å². The number of nitrogens with zero attached hydrogens (tertiary/aromatic N) is 5. The lowest BCUT2D eigenvalue weighted by atomic mass is 10.1. The van der Waals surface area contributed by atoms with Crippen LogP contribution in [-0.4, -0.2) is 43.7 Å². The first-order valence-corrected chi connectivity index (χ1v) is 10.0. The summed E-state index contributed by atoms with van der Waals surface area (Å²) in [6.07, 6.45) is 8.25. The second-order valence-corrected chi connectivity index (χ2v) is 7.35. The Morgan fingerprint density at radius 3 is 2.67 bits per heavy atom. The highest BCUT2D eigenvalue weighted by Gasteiger charge is 2.18. The molecule has 0 bridgehead atoms. The number of anilines is 2. The van der Waals surface area contributed by atoms with E-state index in [1.807, 2.05) is 35.9 Å². The van der Waals surface area contributed by atoms with Gasteiger partial charge in [-0.25, -0.2) is 10.5 Å². The number of aryl methyl sites for hydroxylation is 1. The number of hydroxylamine groups is 1. The molecule has 1 aliphatic heterocycles. The Labute approximate surface area is 174 Å². The molecule has 3 heterocycles. The van der Waals surface area contributed by atoms with Crippen molar-refractivity contribution in [3.8, 4) is 0 Å². The van der Waals surface area contributed by atoms with Crippen LogP contribution < -0.4 is 15.7 Å². The van der Waals surface area contributed by atoms with Gasteiger partial charge in [-0.3, -0.25) is 10.0 Å². The van der Waals surface area contributed by atoms with E-state index in [1.165, 1.54) is 12.5 Å². The molecular weight excluding hydrogens is 382 g/mol. The molecule has 30 heavy (non-hydrogen) atoms. The molecule has 3 N–H and O–H groups in total. The van der Waals surface area contributed by atoms with Gasteiger partial charge in [0.2, 0.25) is 5.95 Å². The van der Waals surface area contributed by atoms with Gasteiger partial charge in [-0.1, -0.05) is 24.3 Å². The lowest BCUT2D eigenvalue weighted by molar-refractivity contribution is -0.124. The van der Waals surface area contributed by atoms with Gasteiger partial charge in [0.05, 0.1) is 6.33 Å². The normalized spacial score (nSPS) is 14.4. The zero-order valence-corrected chi connectivity index (χ0v) is 16.9. The molecule has 156 valence electrons. The van der Waals surface area contributed by atoms with Crippen molar-refractivity contribution >= 4 is 34.9 Å². The second-order valence-electron chi connectivity index (χ2n) is 7.35. The molecule has 9 heteroatoms. The van der Waals surface area contributed by atoms with E-state index in [0.29, 0.717) is 6.54 Å². The van der Waals surface area contributed by atoms with Crippen LogP contribution in [0.5, 0.6) is 0 Å². The highest BCUT2D eigenvalue weighted by atomic mass is 16.5. The molecule has 0 radical (unpaired) electrons. The van der Waals surface area contributed by atoms with Crippen molar-refractivity contribution in [2.45, 2.75) is 25.8 Å². The van der Waals surface area contributed by atoms with E-state index in [2.05, 4.69) is 15.2 Å². The molecule has 1 amide bonds. The summed E-state index contributed by atoms with van der Waals surface area (Å²) in [6, 6.07) is 7.78. The predicted molar refractivity (Wildman–Crippen MR) is 115 cm³/mol. The molecule has 0 saturated carbocycles. The maximum absolute atomic E-state index is 11.1. The first-order valence-electron chi connectivity index (χ1n) is 10.0. The third-order valence-corrected chi connectivity index (χ3v) is 5.16. The summed E-state index contributed by atoms with van der Waals surface area (Å²) >= 11 is 0. The molecule has 0 atom stereocenters. The van der Waals surface area contributed by atoms with Crippen molar-refractivity contribution in [2.24, 2.45) is 7.05 Å². The Morgan fingerprint density at radius 2 is 1.93 bits per heavy atom. The Balaban J connectivity index is 1.52. The van der Waals surface area contributed by atoms with Crippen molar-refractivity contribution in [1.82, 2.24) is 25.0 Å². The molecular formula is C21H25N7O2. The highest BCUT2D eigenvalue weighted by Crippen LogP contribution is 2.24. The topological polar surface area (TPSA) is 108 Å². The van der Waals surface area contributed by atoms with Crippen LogP contribution in [0.3, 0.4) is 0 Å². The maximum atomic E-state index is 11.1. The Morgan fingerprint density at radius 1 is 1.17 bits per heavy atom. The monoisotopic (exact) mass is 407 g/mol. The average molecular weight is 407 g/mol. The summed E-state index contributed by atoms with van der Waals surface area (Å²) in [5.41, 5.74) is 5.08. The first-order chi connectivity index (χ1) is 14.6. The number of amides is 1. The van der Waals surface area contributed by atoms with Crippen LogP contribution in [0.15, 0.2) is 36.7 Å². The van der Waals surface area contributed by atoms with Gasteiger partial charge in [-0.05, 0) is 36.5 Å². The molecule has 1 aliphatic rings. The number of nitrogens with one attached hydrogen (secondary N) is 2. The fraction of sp³-hybridized carbons (Fsp3) is 0.333. The number of carbonyl (C=O) groups is 1. The second kappa shape index (κ2) is 8.91. The smallest absolute Gasteiger partial charge is 0.267 e. The summed E-state index contributed by atoms with van der Waals surface area (Å²) in [5, 5.41) is 11.9. The zero-order chi connectivity index (χ0) is 20.9. The van der Waals surface area contributed by atoms with Gasteiger partial charge >= 0.3 is 0 Å². The van der Waals surface area contributed by atoms with Gasteiger partial charge in [0.15, 0.2) is 17.0 Å². The summed E-state index contributed by atoms with van der Waals surface area (Å²) in [4.78, 5) is 27.3.